The third-order valence-corrected chi connectivity index (χ3v) is 4.24. The standard InChI is InChI=1S/C18H26N4.HI/c1-3-19-18(21-12-14-8-9-14)20-11-10-15-13(2)22-17-7-5-4-6-16(15)17;/h4-7,14,22H,3,8-12H2,1-2H3,(H2,19,20,21);1H. The summed E-state index contributed by atoms with van der Waals surface area (Å²) in [5, 5.41) is 8.12. The average Bonchev–Trinajstić information content (AvgIpc) is 3.29. The molecule has 1 aliphatic carbocycles. The molecular formula is C18H27IN4. The van der Waals surface area contributed by atoms with Crippen molar-refractivity contribution in [3.63, 3.8) is 0 Å². The predicted octanol–water partition coefficient (Wildman–Crippen LogP) is 3.60. The third-order valence-electron chi connectivity index (χ3n) is 4.24. The van der Waals surface area contributed by atoms with E-state index in [2.05, 4.69) is 58.7 Å². The van der Waals surface area contributed by atoms with Gasteiger partial charge in [-0.25, -0.2) is 0 Å². The van der Waals surface area contributed by atoms with Crippen molar-refractivity contribution in [1.29, 1.82) is 0 Å². The Kier molecular flexibility index (Phi) is 6.74. The zero-order valence-corrected chi connectivity index (χ0v) is 16.3. The zero-order chi connectivity index (χ0) is 15.4. The van der Waals surface area contributed by atoms with E-state index in [9.17, 15) is 0 Å². The molecule has 1 aromatic carbocycles. The second kappa shape index (κ2) is 8.57. The van der Waals surface area contributed by atoms with E-state index in [4.69, 9.17) is 0 Å². The van der Waals surface area contributed by atoms with Crippen molar-refractivity contribution >= 4 is 40.8 Å². The van der Waals surface area contributed by atoms with Gasteiger partial charge in [0.1, 0.15) is 0 Å². The van der Waals surface area contributed by atoms with Crippen LogP contribution in [0.3, 0.4) is 0 Å². The number of para-hydroxylation sites is 1. The first-order chi connectivity index (χ1) is 10.8. The van der Waals surface area contributed by atoms with Crippen molar-refractivity contribution in [3.8, 4) is 0 Å². The highest BCUT2D eigenvalue weighted by molar-refractivity contribution is 14.0. The van der Waals surface area contributed by atoms with Crippen LogP contribution >= 0.6 is 24.0 Å². The van der Waals surface area contributed by atoms with Crippen LogP contribution in [0.1, 0.15) is 31.0 Å². The lowest BCUT2D eigenvalue weighted by molar-refractivity contribution is 0.776. The van der Waals surface area contributed by atoms with Gasteiger partial charge >= 0.3 is 0 Å². The molecule has 0 saturated heterocycles. The Hall–Kier alpha value is -1.24. The van der Waals surface area contributed by atoms with E-state index in [0.717, 1.165) is 37.9 Å². The molecule has 3 N–H and O–H groups in total. The second-order valence-corrected chi connectivity index (χ2v) is 6.11. The topological polar surface area (TPSA) is 52.2 Å². The Bertz CT molecular complexity index is 658. The van der Waals surface area contributed by atoms with Crippen LogP contribution in [0, 0.1) is 12.8 Å². The summed E-state index contributed by atoms with van der Waals surface area (Å²) in [6, 6.07) is 8.52. The molecule has 5 heteroatoms. The number of guanidine groups is 1. The SMILES string of the molecule is CCNC(=NCC1CC1)NCCc1c(C)[nH]c2ccccc12.I. The van der Waals surface area contributed by atoms with Crippen molar-refractivity contribution in [3.05, 3.63) is 35.5 Å². The number of nitrogens with one attached hydrogen (secondary N) is 3. The Labute approximate surface area is 155 Å². The largest absolute Gasteiger partial charge is 0.358 e. The summed E-state index contributed by atoms with van der Waals surface area (Å²) < 4.78 is 0. The normalized spacial score (nSPS) is 14.6. The average molecular weight is 426 g/mol. The first-order valence-corrected chi connectivity index (χ1v) is 8.36. The monoisotopic (exact) mass is 426 g/mol. The molecular weight excluding hydrogens is 399 g/mol. The van der Waals surface area contributed by atoms with Crippen LogP contribution in [0.4, 0.5) is 0 Å². The van der Waals surface area contributed by atoms with Crippen molar-refractivity contribution in [2.45, 2.75) is 33.1 Å². The molecule has 1 aliphatic rings. The van der Waals surface area contributed by atoms with Gasteiger partial charge in [-0.05, 0) is 50.7 Å². The van der Waals surface area contributed by atoms with Gasteiger partial charge in [0.2, 0.25) is 0 Å². The molecule has 1 aromatic heterocycles. The number of aromatic nitrogens is 1. The summed E-state index contributed by atoms with van der Waals surface area (Å²) in [4.78, 5) is 8.13. The smallest absolute Gasteiger partial charge is 0.191 e. The van der Waals surface area contributed by atoms with Gasteiger partial charge in [0.15, 0.2) is 5.96 Å². The fourth-order valence-electron chi connectivity index (χ4n) is 2.83. The summed E-state index contributed by atoms with van der Waals surface area (Å²) >= 11 is 0. The van der Waals surface area contributed by atoms with Gasteiger partial charge in [-0.3, -0.25) is 4.99 Å². The number of benzene rings is 1. The number of aromatic amines is 1. The van der Waals surface area contributed by atoms with Crippen molar-refractivity contribution < 1.29 is 0 Å². The number of nitrogens with zero attached hydrogens (tertiary/aromatic N) is 1. The van der Waals surface area contributed by atoms with Gasteiger partial charge in [0.05, 0.1) is 0 Å². The molecule has 0 unspecified atom stereocenters. The molecule has 2 aromatic rings. The number of hydrogen-bond acceptors (Lipinski definition) is 1. The van der Waals surface area contributed by atoms with Crippen molar-refractivity contribution in [2.75, 3.05) is 19.6 Å². The minimum atomic E-state index is 0. The van der Waals surface area contributed by atoms with E-state index in [0.29, 0.717) is 0 Å². The highest BCUT2D eigenvalue weighted by atomic mass is 127. The number of rotatable bonds is 6. The Morgan fingerprint density at radius 1 is 1.26 bits per heavy atom. The minimum Gasteiger partial charge on any atom is -0.358 e. The highest BCUT2D eigenvalue weighted by Gasteiger charge is 2.20. The second-order valence-electron chi connectivity index (χ2n) is 6.11. The molecule has 0 radical (unpaired) electrons. The van der Waals surface area contributed by atoms with E-state index in [1.807, 2.05) is 0 Å². The molecule has 1 saturated carbocycles. The summed E-state index contributed by atoms with van der Waals surface area (Å²) in [6.45, 7) is 7.03. The van der Waals surface area contributed by atoms with Gasteiger partial charge in [0.25, 0.3) is 0 Å². The molecule has 126 valence electrons. The minimum absolute atomic E-state index is 0. The lowest BCUT2D eigenvalue weighted by Crippen LogP contribution is -2.38. The van der Waals surface area contributed by atoms with E-state index < -0.39 is 0 Å². The molecule has 4 nitrogen and oxygen atoms in total. The van der Waals surface area contributed by atoms with E-state index in [1.165, 1.54) is 35.0 Å². The van der Waals surface area contributed by atoms with Crippen LogP contribution in [0.25, 0.3) is 10.9 Å². The van der Waals surface area contributed by atoms with Gasteiger partial charge in [-0.15, -0.1) is 24.0 Å². The molecule has 23 heavy (non-hydrogen) atoms. The maximum absolute atomic E-state index is 4.67. The van der Waals surface area contributed by atoms with Gasteiger partial charge in [-0.1, -0.05) is 18.2 Å². The van der Waals surface area contributed by atoms with Crippen LogP contribution < -0.4 is 10.6 Å². The zero-order valence-electron chi connectivity index (χ0n) is 14.0. The van der Waals surface area contributed by atoms with Gasteiger partial charge in [-0.2, -0.15) is 0 Å². The summed E-state index contributed by atoms with van der Waals surface area (Å²) in [7, 11) is 0. The van der Waals surface area contributed by atoms with E-state index in [1.54, 1.807) is 0 Å². The van der Waals surface area contributed by atoms with Crippen LogP contribution in [0.15, 0.2) is 29.3 Å². The lowest BCUT2D eigenvalue weighted by atomic mass is 10.1. The number of hydrogen-bond donors (Lipinski definition) is 3. The van der Waals surface area contributed by atoms with Crippen LogP contribution in [-0.4, -0.2) is 30.6 Å². The van der Waals surface area contributed by atoms with Crippen LogP contribution in [-0.2, 0) is 6.42 Å². The molecule has 0 aliphatic heterocycles. The van der Waals surface area contributed by atoms with Gasteiger partial charge in [0, 0.05) is 36.2 Å². The number of aliphatic imine (C=N–C) groups is 1. The Balaban J connectivity index is 0.00000192. The fourth-order valence-corrected chi connectivity index (χ4v) is 2.83. The van der Waals surface area contributed by atoms with E-state index in [-0.39, 0.29) is 24.0 Å². The number of aryl methyl sites for hydroxylation is 1. The van der Waals surface area contributed by atoms with Crippen molar-refractivity contribution in [2.24, 2.45) is 10.9 Å². The molecule has 0 bridgehead atoms. The third kappa shape index (κ3) is 4.86. The predicted molar refractivity (Wildman–Crippen MR) is 109 cm³/mol. The lowest BCUT2D eigenvalue weighted by Gasteiger charge is -2.11. The van der Waals surface area contributed by atoms with Gasteiger partial charge < -0.3 is 15.6 Å². The summed E-state index contributed by atoms with van der Waals surface area (Å²) in [5.41, 5.74) is 3.90. The number of fused-ring (bicyclic) bond motifs is 1. The Morgan fingerprint density at radius 2 is 2.04 bits per heavy atom. The molecule has 0 amide bonds. The molecule has 3 rings (SSSR count). The first kappa shape index (κ1) is 18.1. The maximum atomic E-state index is 4.67. The van der Waals surface area contributed by atoms with Crippen LogP contribution in [0.5, 0.6) is 0 Å². The summed E-state index contributed by atoms with van der Waals surface area (Å²) in [5.74, 6) is 1.78. The quantitative estimate of drug-likeness (QED) is 0.376. The molecule has 1 fully saturated rings. The number of halogens is 1. The molecule has 1 heterocycles. The summed E-state index contributed by atoms with van der Waals surface area (Å²) in [6.07, 6.45) is 3.69. The first-order valence-electron chi connectivity index (χ1n) is 8.36. The van der Waals surface area contributed by atoms with Crippen molar-refractivity contribution in [1.82, 2.24) is 15.6 Å². The fraction of sp³-hybridized carbons (Fsp3) is 0.500. The maximum Gasteiger partial charge on any atom is 0.191 e. The molecule has 0 atom stereocenters. The molecule has 0 spiro atoms. The Morgan fingerprint density at radius 3 is 2.78 bits per heavy atom. The number of H-pyrrole nitrogens is 1. The van der Waals surface area contributed by atoms with E-state index >= 15 is 0 Å². The van der Waals surface area contributed by atoms with Crippen LogP contribution in [0.2, 0.25) is 0 Å². The highest BCUT2D eigenvalue weighted by Crippen LogP contribution is 2.28.